The van der Waals surface area contributed by atoms with Crippen molar-refractivity contribution in [2.45, 2.75) is 34.2 Å². The van der Waals surface area contributed by atoms with Gasteiger partial charge in [0.2, 0.25) is 0 Å². The minimum absolute atomic E-state index is 0.0180. The van der Waals surface area contributed by atoms with Crippen LogP contribution in [0.1, 0.15) is 34.2 Å². The summed E-state index contributed by atoms with van der Waals surface area (Å²) >= 11 is 0. The Kier molecular flexibility index (Phi) is 5.33. The summed E-state index contributed by atoms with van der Waals surface area (Å²) in [6, 6.07) is 6.40. The molecule has 7 nitrogen and oxygen atoms in total. The molecule has 1 heterocycles. The van der Waals surface area contributed by atoms with Crippen LogP contribution in [0.3, 0.4) is 0 Å². The Balaban J connectivity index is 1.94. The van der Waals surface area contributed by atoms with Gasteiger partial charge < -0.3 is 5.32 Å². The molecule has 0 bridgehead atoms. The van der Waals surface area contributed by atoms with E-state index in [-0.39, 0.29) is 17.5 Å². The fourth-order valence-corrected chi connectivity index (χ4v) is 2.59. The molecule has 0 radical (unpaired) electrons. The van der Waals surface area contributed by atoms with Crippen LogP contribution >= 0.6 is 0 Å². The second-order valence-electron chi connectivity index (χ2n) is 6.18. The molecular formula is C17H22N4O3. The minimum Gasteiger partial charge on any atom is -0.352 e. The quantitative estimate of drug-likeness (QED) is 0.651. The van der Waals surface area contributed by atoms with Crippen molar-refractivity contribution in [2.75, 3.05) is 6.54 Å². The number of carbonyl (C=O) groups excluding carboxylic acids is 1. The van der Waals surface area contributed by atoms with Crippen molar-refractivity contribution in [3.63, 3.8) is 0 Å². The van der Waals surface area contributed by atoms with Crippen LogP contribution < -0.4 is 5.32 Å². The van der Waals surface area contributed by atoms with Gasteiger partial charge in [-0.3, -0.25) is 19.6 Å². The molecule has 1 amide bonds. The first-order valence-corrected chi connectivity index (χ1v) is 7.82. The molecule has 0 unspecified atom stereocenters. The number of rotatable bonds is 6. The summed E-state index contributed by atoms with van der Waals surface area (Å²) in [5.74, 6) is -0.0145. The van der Waals surface area contributed by atoms with E-state index >= 15 is 0 Å². The largest absolute Gasteiger partial charge is 0.352 e. The van der Waals surface area contributed by atoms with Gasteiger partial charge in [0.05, 0.1) is 10.6 Å². The predicted molar refractivity (Wildman–Crippen MR) is 91.0 cm³/mol. The molecule has 24 heavy (non-hydrogen) atoms. The van der Waals surface area contributed by atoms with Gasteiger partial charge in [-0.25, -0.2) is 0 Å². The molecule has 0 saturated heterocycles. The van der Waals surface area contributed by atoms with Gasteiger partial charge in [0.25, 0.3) is 11.6 Å². The molecule has 2 rings (SSSR count). The lowest BCUT2D eigenvalue weighted by molar-refractivity contribution is -0.385. The third-order valence-electron chi connectivity index (χ3n) is 3.85. The van der Waals surface area contributed by atoms with Crippen LogP contribution in [0, 0.1) is 36.8 Å². The maximum Gasteiger partial charge on any atom is 0.272 e. The smallest absolute Gasteiger partial charge is 0.272 e. The Hall–Kier alpha value is -2.70. The lowest BCUT2D eigenvalue weighted by atomic mass is 10.1. The van der Waals surface area contributed by atoms with Gasteiger partial charge in [-0.05, 0) is 44.9 Å². The Bertz CT molecular complexity index is 767. The fraction of sp³-hybridized carbons (Fsp3) is 0.412. The molecule has 1 N–H and O–H groups in total. The molecule has 0 aliphatic rings. The summed E-state index contributed by atoms with van der Waals surface area (Å²) in [7, 11) is 0. The number of hydrogen-bond donors (Lipinski definition) is 1. The SMILES string of the molecule is Cc1cc(C)n(C[C@@H](C)CNC(=O)c2ccc([N+](=O)[O-])c(C)c2)n1. The maximum absolute atomic E-state index is 12.2. The van der Waals surface area contributed by atoms with Crippen LogP contribution in [-0.4, -0.2) is 27.2 Å². The van der Waals surface area contributed by atoms with Crippen molar-refractivity contribution in [3.05, 3.63) is 56.9 Å². The molecule has 1 aromatic carbocycles. The van der Waals surface area contributed by atoms with E-state index in [1.165, 1.54) is 12.1 Å². The van der Waals surface area contributed by atoms with E-state index in [1.54, 1.807) is 13.0 Å². The van der Waals surface area contributed by atoms with E-state index in [2.05, 4.69) is 10.4 Å². The third-order valence-corrected chi connectivity index (χ3v) is 3.85. The number of nitrogens with one attached hydrogen (secondary N) is 1. The van der Waals surface area contributed by atoms with Gasteiger partial charge in [-0.15, -0.1) is 0 Å². The molecule has 0 saturated carbocycles. The fourth-order valence-electron chi connectivity index (χ4n) is 2.59. The van der Waals surface area contributed by atoms with E-state index in [0.29, 0.717) is 17.7 Å². The molecule has 7 heteroatoms. The highest BCUT2D eigenvalue weighted by Gasteiger charge is 2.14. The normalized spacial score (nSPS) is 12.0. The number of nitro benzene ring substituents is 1. The number of aryl methyl sites for hydroxylation is 3. The van der Waals surface area contributed by atoms with E-state index in [1.807, 2.05) is 31.5 Å². The number of amides is 1. The molecule has 128 valence electrons. The monoisotopic (exact) mass is 330 g/mol. The highest BCUT2D eigenvalue weighted by atomic mass is 16.6. The molecule has 1 atom stereocenters. The zero-order valence-electron chi connectivity index (χ0n) is 14.4. The Morgan fingerprint density at radius 2 is 2.04 bits per heavy atom. The molecule has 1 aromatic heterocycles. The number of aromatic nitrogens is 2. The summed E-state index contributed by atoms with van der Waals surface area (Å²) < 4.78 is 1.93. The van der Waals surface area contributed by atoms with Crippen molar-refractivity contribution in [2.24, 2.45) is 5.92 Å². The van der Waals surface area contributed by atoms with E-state index in [4.69, 9.17) is 0 Å². The molecular weight excluding hydrogens is 308 g/mol. The molecule has 2 aromatic rings. The molecule has 0 fully saturated rings. The second-order valence-corrected chi connectivity index (χ2v) is 6.18. The molecule has 0 spiro atoms. The average molecular weight is 330 g/mol. The van der Waals surface area contributed by atoms with Crippen LogP contribution in [0.5, 0.6) is 0 Å². The van der Waals surface area contributed by atoms with Gasteiger partial charge in [0.1, 0.15) is 0 Å². The van der Waals surface area contributed by atoms with Crippen molar-refractivity contribution in [1.82, 2.24) is 15.1 Å². The maximum atomic E-state index is 12.2. The van der Waals surface area contributed by atoms with Crippen LogP contribution in [0.15, 0.2) is 24.3 Å². The molecule has 0 aliphatic heterocycles. The van der Waals surface area contributed by atoms with E-state index in [0.717, 1.165) is 17.9 Å². The number of hydrogen-bond acceptors (Lipinski definition) is 4. The van der Waals surface area contributed by atoms with Crippen LogP contribution in [0.4, 0.5) is 5.69 Å². The van der Waals surface area contributed by atoms with Crippen molar-refractivity contribution >= 4 is 11.6 Å². The molecule has 0 aliphatic carbocycles. The Morgan fingerprint density at radius 1 is 1.33 bits per heavy atom. The van der Waals surface area contributed by atoms with E-state index in [9.17, 15) is 14.9 Å². The highest BCUT2D eigenvalue weighted by Crippen LogP contribution is 2.18. The first kappa shape index (κ1) is 17.7. The first-order valence-electron chi connectivity index (χ1n) is 7.82. The van der Waals surface area contributed by atoms with Crippen LogP contribution in [0.2, 0.25) is 0 Å². The summed E-state index contributed by atoms with van der Waals surface area (Å²) in [4.78, 5) is 22.6. The summed E-state index contributed by atoms with van der Waals surface area (Å²) in [6.45, 7) is 8.85. The van der Waals surface area contributed by atoms with Gasteiger partial charge in [-0.2, -0.15) is 5.10 Å². The van der Waals surface area contributed by atoms with E-state index < -0.39 is 4.92 Å². The summed E-state index contributed by atoms with van der Waals surface area (Å²) in [5.41, 5.74) is 2.99. The van der Waals surface area contributed by atoms with Crippen LogP contribution in [-0.2, 0) is 6.54 Å². The highest BCUT2D eigenvalue weighted by molar-refractivity contribution is 5.94. The first-order chi connectivity index (χ1) is 11.3. The standard InChI is InChI=1S/C17H22N4O3/c1-11(10-20-14(4)8-13(3)19-20)9-18-17(22)15-5-6-16(21(23)24)12(2)7-15/h5-8,11H,9-10H2,1-4H3,(H,18,22)/t11-/m0/s1. The number of nitrogens with zero attached hydrogens (tertiary/aromatic N) is 3. The lowest BCUT2D eigenvalue weighted by Gasteiger charge is -2.14. The third kappa shape index (κ3) is 4.18. The van der Waals surface area contributed by atoms with Crippen molar-refractivity contribution in [3.8, 4) is 0 Å². The minimum atomic E-state index is -0.451. The summed E-state index contributed by atoms with van der Waals surface area (Å²) in [5, 5.41) is 18.1. The zero-order chi connectivity index (χ0) is 17.9. The van der Waals surface area contributed by atoms with Gasteiger partial charge in [0.15, 0.2) is 0 Å². The lowest BCUT2D eigenvalue weighted by Crippen LogP contribution is -2.30. The zero-order valence-corrected chi connectivity index (χ0v) is 14.4. The predicted octanol–water partition coefficient (Wildman–Crippen LogP) is 2.78. The van der Waals surface area contributed by atoms with Gasteiger partial charge in [-0.1, -0.05) is 6.92 Å². The van der Waals surface area contributed by atoms with Crippen LogP contribution in [0.25, 0.3) is 0 Å². The number of benzene rings is 1. The Morgan fingerprint density at radius 3 is 2.58 bits per heavy atom. The number of nitro groups is 1. The number of carbonyl (C=O) groups is 1. The van der Waals surface area contributed by atoms with Gasteiger partial charge in [0, 0.05) is 36.0 Å². The van der Waals surface area contributed by atoms with Crippen molar-refractivity contribution < 1.29 is 9.72 Å². The Labute approximate surface area is 140 Å². The van der Waals surface area contributed by atoms with Crippen molar-refractivity contribution in [1.29, 1.82) is 0 Å². The summed E-state index contributed by atoms with van der Waals surface area (Å²) in [6.07, 6.45) is 0. The topological polar surface area (TPSA) is 90.1 Å². The van der Waals surface area contributed by atoms with Gasteiger partial charge >= 0.3 is 0 Å². The average Bonchev–Trinajstić information content (AvgIpc) is 2.81. The second kappa shape index (κ2) is 7.25.